The Bertz CT molecular complexity index is 1240. The Balaban J connectivity index is 1.41. The minimum absolute atomic E-state index is 0.0146. The van der Waals surface area contributed by atoms with Crippen LogP contribution in [0.3, 0.4) is 0 Å². The average Bonchev–Trinajstić information content (AvgIpc) is 3.29. The SMILES string of the molecule is CC1CCN2C[C@@]34CC5(C(=O)Nc6c5ccc5c6OC=CC(C)(C)O5)C(C)(C)[C@H]3C[C@@]12C(=O)N4C. The van der Waals surface area contributed by atoms with Crippen LogP contribution in [-0.2, 0) is 15.0 Å². The van der Waals surface area contributed by atoms with Crippen molar-refractivity contribution < 1.29 is 19.1 Å². The number of piperidine rings is 2. The number of rotatable bonds is 0. The van der Waals surface area contributed by atoms with Crippen molar-refractivity contribution in [1.82, 2.24) is 9.80 Å². The van der Waals surface area contributed by atoms with Gasteiger partial charge >= 0.3 is 0 Å². The molecule has 4 saturated heterocycles. The van der Waals surface area contributed by atoms with Gasteiger partial charge in [-0.3, -0.25) is 14.5 Å². The van der Waals surface area contributed by atoms with Crippen LogP contribution in [0.4, 0.5) is 5.69 Å². The van der Waals surface area contributed by atoms with E-state index in [1.165, 1.54) is 0 Å². The van der Waals surface area contributed by atoms with E-state index in [4.69, 9.17) is 9.47 Å². The van der Waals surface area contributed by atoms with Crippen molar-refractivity contribution in [2.75, 3.05) is 25.5 Å². The van der Waals surface area contributed by atoms with Crippen LogP contribution in [0.15, 0.2) is 24.5 Å². The Morgan fingerprint density at radius 3 is 2.69 bits per heavy atom. The number of anilines is 1. The molecule has 2 amide bonds. The molecule has 3 spiro atoms. The van der Waals surface area contributed by atoms with Gasteiger partial charge in [-0.05, 0) is 74.6 Å². The first-order valence-electron chi connectivity index (χ1n) is 13.0. The van der Waals surface area contributed by atoms with Crippen LogP contribution in [-0.4, -0.2) is 58.4 Å². The molecular formula is C28H35N3O4. The molecule has 1 aromatic carbocycles. The Kier molecular flexibility index (Phi) is 3.75. The fourth-order valence-corrected chi connectivity index (χ4v) is 9.05. The Hall–Kier alpha value is -2.54. The van der Waals surface area contributed by atoms with Crippen LogP contribution in [0.25, 0.3) is 0 Å². The van der Waals surface area contributed by atoms with Crippen molar-refractivity contribution in [1.29, 1.82) is 0 Å². The molecule has 1 aliphatic carbocycles. The lowest BCUT2D eigenvalue weighted by Crippen LogP contribution is -2.79. The number of piperazine rings is 1. The van der Waals surface area contributed by atoms with Crippen molar-refractivity contribution in [3.8, 4) is 11.5 Å². The molecule has 0 aromatic heterocycles. The Morgan fingerprint density at radius 1 is 1.14 bits per heavy atom. The van der Waals surface area contributed by atoms with Crippen LogP contribution in [0, 0.1) is 17.3 Å². The second kappa shape index (κ2) is 6.05. The topological polar surface area (TPSA) is 71.1 Å². The van der Waals surface area contributed by atoms with Gasteiger partial charge in [0.15, 0.2) is 11.5 Å². The summed E-state index contributed by atoms with van der Waals surface area (Å²) in [5, 5.41) is 3.22. The third-order valence-corrected chi connectivity index (χ3v) is 11.0. The third kappa shape index (κ3) is 2.16. The average molecular weight is 478 g/mol. The number of hydrogen-bond acceptors (Lipinski definition) is 5. The Morgan fingerprint density at radius 2 is 1.91 bits per heavy atom. The van der Waals surface area contributed by atoms with E-state index < -0.39 is 16.6 Å². The zero-order valence-electron chi connectivity index (χ0n) is 21.5. The molecule has 1 saturated carbocycles. The van der Waals surface area contributed by atoms with E-state index in [0.717, 1.165) is 31.5 Å². The lowest BCUT2D eigenvalue weighted by atomic mass is 9.56. The normalized spacial score (nSPS) is 41.6. The van der Waals surface area contributed by atoms with E-state index in [-0.39, 0.29) is 28.7 Å². The van der Waals surface area contributed by atoms with Gasteiger partial charge in [0.25, 0.3) is 0 Å². The predicted molar refractivity (Wildman–Crippen MR) is 131 cm³/mol. The van der Waals surface area contributed by atoms with Gasteiger partial charge in [0.1, 0.15) is 11.1 Å². The molecule has 8 rings (SSSR count). The molecule has 35 heavy (non-hydrogen) atoms. The van der Waals surface area contributed by atoms with Gasteiger partial charge in [-0.15, -0.1) is 0 Å². The van der Waals surface area contributed by atoms with Crippen LogP contribution >= 0.6 is 0 Å². The molecule has 1 aromatic rings. The number of amides is 2. The molecular weight excluding hydrogens is 442 g/mol. The molecule has 5 atom stereocenters. The summed E-state index contributed by atoms with van der Waals surface area (Å²) in [5.41, 5.74) is -0.714. The molecule has 0 radical (unpaired) electrons. The van der Waals surface area contributed by atoms with Gasteiger partial charge in [0.05, 0.1) is 22.9 Å². The quantitative estimate of drug-likeness (QED) is 0.617. The summed E-state index contributed by atoms with van der Waals surface area (Å²) in [4.78, 5) is 32.6. The van der Waals surface area contributed by atoms with E-state index in [1.54, 1.807) is 6.26 Å². The largest absolute Gasteiger partial charge is 0.480 e. The number of nitrogens with one attached hydrogen (secondary N) is 1. The number of fused-ring (bicyclic) bond motifs is 5. The molecule has 7 aliphatic rings. The summed E-state index contributed by atoms with van der Waals surface area (Å²) in [7, 11) is 1.99. The number of likely N-dealkylation sites (N-methyl/N-ethyl adjacent to an activating group) is 1. The minimum Gasteiger partial charge on any atom is -0.480 e. The fourth-order valence-electron chi connectivity index (χ4n) is 9.05. The lowest BCUT2D eigenvalue weighted by Gasteiger charge is -2.65. The number of hydrogen-bond donors (Lipinski definition) is 1. The molecule has 2 bridgehead atoms. The van der Waals surface area contributed by atoms with E-state index in [0.29, 0.717) is 29.5 Å². The standard InChI is InChI=1S/C28H35N3O4/c1-16-9-11-31-15-26-14-27(25(4,5)19(26)13-28(16,31)23(33)30(26)6)17-7-8-18-21(20(17)29-22(27)32)34-12-10-24(2,3)35-18/h7-8,10,12,16,19H,9,11,13-15H2,1-6H3,(H,29,32)/t16?,19-,26+,27?,28+/m1/s1. The van der Waals surface area contributed by atoms with Gasteiger partial charge in [0, 0.05) is 13.6 Å². The third-order valence-electron chi connectivity index (χ3n) is 11.0. The van der Waals surface area contributed by atoms with Crippen LogP contribution < -0.4 is 14.8 Å². The van der Waals surface area contributed by atoms with Gasteiger partial charge in [0.2, 0.25) is 11.8 Å². The van der Waals surface area contributed by atoms with Gasteiger partial charge in [-0.2, -0.15) is 0 Å². The molecule has 7 nitrogen and oxygen atoms in total. The highest BCUT2D eigenvalue weighted by Crippen LogP contribution is 2.72. The summed E-state index contributed by atoms with van der Waals surface area (Å²) < 4.78 is 12.3. The monoisotopic (exact) mass is 477 g/mol. The highest BCUT2D eigenvalue weighted by molar-refractivity contribution is 6.09. The maximum atomic E-state index is 14.1. The molecule has 2 unspecified atom stereocenters. The van der Waals surface area contributed by atoms with Crippen LogP contribution in [0.5, 0.6) is 11.5 Å². The number of benzene rings is 1. The smallest absolute Gasteiger partial charge is 0.243 e. The molecule has 6 heterocycles. The van der Waals surface area contributed by atoms with E-state index in [9.17, 15) is 9.59 Å². The fraction of sp³-hybridized carbons (Fsp3) is 0.643. The van der Waals surface area contributed by atoms with Gasteiger partial charge in [-0.1, -0.05) is 26.8 Å². The molecule has 5 fully saturated rings. The van der Waals surface area contributed by atoms with E-state index in [2.05, 4.69) is 42.0 Å². The number of carbonyl (C=O) groups excluding carboxylic acids is 2. The maximum absolute atomic E-state index is 14.1. The predicted octanol–water partition coefficient (Wildman–Crippen LogP) is 3.68. The Labute approximate surface area is 206 Å². The molecule has 1 N–H and O–H groups in total. The maximum Gasteiger partial charge on any atom is 0.243 e. The first-order valence-corrected chi connectivity index (χ1v) is 13.0. The zero-order valence-corrected chi connectivity index (χ0v) is 21.5. The van der Waals surface area contributed by atoms with Crippen LogP contribution in [0.1, 0.15) is 59.4 Å². The first kappa shape index (κ1) is 21.7. The summed E-state index contributed by atoms with van der Waals surface area (Å²) in [6.45, 7) is 12.5. The van der Waals surface area contributed by atoms with E-state index in [1.807, 2.05) is 33.0 Å². The second-order valence-corrected chi connectivity index (χ2v) is 13.0. The van der Waals surface area contributed by atoms with Gasteiger partial charge < -0.3 is 19.7 Å². The lowest BCUT2D eigenvalue weighted by molar-refractivity contribution is -0.189. The number of carbonyl (C=O) groups is 2. The highest BCUT2D eigenvalue weighted by Gasteiger charge is 2.80. The van der Waals surface area contributed by atoms with E-state index >= 15 is 0 Å². The molecule has 186 valence electrons. The van der Waals surface area contributed by atoms with Crippen molar-refractivity contribution in [3.05, 3.63) is 30.0 Å². The number of nitrogens with zero attached hydrogens (tertiary/aromatic N) is 2. The highest BCUT2D eigenvalue weighted by atomic mass is 16.5. The van der Waals surface area contributed by atoms with Crippen molar-refractivity contribution in [2.24, 2.45) is 17.3 Å². The minimum atomic E-state index is -0.750. The second-order valence-electron chi connectivity index (χ2n) is 13.0. The zero-order chi connectivity index (χ0) is 24.8. The summed E-state index contributed by atoms with van der Waals surface area (Å²) in [5.74, 6) is 2.01. The summed E-state index contributed by atoms with van der Waals surface area (Å²) in [6.07, 6.45) is 6.05. The summed E-state index contributed by atoms with van der Waals surface area (Å²) in [6, 6.07) is 4.01. The van der Waals surface area contributed by atoms with Crippen molar-refractivity contribution in [2.45, 2.75) is 76.0 Å². The van der Waals surface area contributed by atoms with Crippen LogP contribution in [0.2, 0.25) is 0 Å². The summed E-state index contributed by atoms with van der Waals surface area (Å²) >= 11 is 0. The molecule has 7 heteroatoms. The first-order chi connectivity index (χ1) is 16.4. The van der Waals surface area contributed by atoms with Crippen molar-refractivity contribution >= 4 is 17.5 Å². The van der Waals surface area contributed by atoms with Gasteiger partial charge in [-0.25, -0.2) is 0 Å². The number of ether oxygens (including phenoxy) is 2. The van der Waals surface area contributed by atoms with Crippen molar-refractivity contribution in [3.63, 3.8) is 0 Å². The molecule has 6 aliphatic heterocycles.